The fraction of sp³-hybridized carbons (Fsp3) is 0.500. The van der Waals surface area contributed by atoms with Gasteiger partial charge in [-0.2, -0.15) is 0 Å². The highest BCUT2D eigenvalue weighted by Crippen LogP contribution is 2.21. The van der Waals surface area contributed by atoms with E-state index in [-0.39, 0.29) is 17.6 Å². The van der Waals surface area contributed by atoms with E-state index < -0.39 is 0 Å². The van der Waals surface area contributed by atoms with E-state index in [0.717, 1.165) is 5.56 Å². The van der Waals surface area contributed by atoms with Crippen LogP contribution < -0.4 is 11.1 Å². The maximum absolute atomic E-state index is 11.9. The lowest BCUT2D eigenvalue weighted by atomic mass is 10.0. The molecule has 1 unspecified atom stereocenters. The van der Waals surface area contributed by atoms with Crippen molar-refractivity contribution in [1.29, 1.82) is 0 Å². The van der Waals surface area contributed by atoms with Gasteiger partial charge in [0.1, 0.15) is 0 Å². The summed E-state index contributed by atoms with van der Waals surface area (Å²) in [5.41, 5.74) is 7.97. The van der Waals surface area contributed by atoms with Crippen LogP contribution in [0.1, 0.15) is 31.0 Å². The van der Waals surface area contributed by atoms with Crippen molar-refractivity contribution >= 4 is 6.03 Å². The second-order valence-corrected chi connectivity index (χ2v) is 5.78. The number of amides is 2. The zero-order valence-corrected chi connectivity index (χ0v) is 11.2. The summed E-state index contributed by atoms with van der Waals surface area (Å²) in [6.45, 7) is 7.17. The summed E-state index contributed by atoms with van der Waals surface area (Å²) in [6.07, 6.45) is 0. The summed E-state index contributed by atoms with van der Waals surface area (Å²) in [7, 11) is 0. The number of carbonyl (C=O) groups excluding carboxylic acids is 1. The first-order valence-electron chi connectivity index (χ1n) is 6.26. The molecule has 1 fully saturated rings. The Morgan fingerprint density at radius 3 is 2.56 bits per heavy atom. The van der Waals surface area contributed by atoms with Crippen LogP contribution in [0.15, 0.2) is 24.3 Å². The minimum atomic E-state index is -0.362. The van der Waals surface area contributed by atoms with Crippen LogP contribution in [-0.2, 0) is 0 Å². The van der Waals surface area contributed by atoms with E-state index in [0.29, 0.717) is 13.1 Å². The topological polar surface area (TPSA) is 58.4 Å². The van der Waals surface area contributed by atoms with Gasteiger partial charge in [0.05, 0.1) is 6.04 Å². The quantitative estimate of drug-likeness (QED) is 0.855. The zero-order chi connectivity index (χ0) is 13.3. The van der Waals surface area contributed by atoms with Crippen LogP contribution >= 0.6 is 0 Å². The third-order valence-electron chi connectivity index (χ3n) is 3.07. The lowest BCUT2D eigenvalue weighted by Crippen LogP contribution is -2.46. The number of nitrogens with zero attached hydrogens (tertiary/aromatic N) is 1. The van der Waals surface area contributed by atoms with Gasteiger partial charge in [0.2, 0.25) is 0 Å². The monoisotopic (exact) mass is 247 g/mol. The highest BCUT2D eigenvalue weighted by atomic mass is 16.2. The van der Waals surface area contributed by atoms with Gasteiger partial charge in [0.25, 0.3) is 0 Å². The molecule has 0 radical (unpaired) electrons. The molecule has 0 spiro atoms. The minimum Gasteiger partial charge on any atom is -0.329 e. The Bertz CT molecular complexity index is 433. The molecule has 18 heavy (non-hydrogen) atoms. The third kappa shape index (κ3) is 3.01. The number of carbonyl (C=O) groups is 1. The third-order valence-corrected chi connectivity index (χ3v) is 3.07. The Morgan fingerprint density at radius 1 is 1.39 bits per heavy atom. The number of hydrogen-bond donors (Lipinski definition) is 2. The van der Waals surface area contributed by atoms with Gasteiger partial charge in [-0.15, -0.1) is 0 Å². The Morgan fingerprint density at radius 2 is 2.00 bits per heavy atom. The molecule has 1 heterocycles. The van der Waals surface area contributed by atoms with E-state index in [1.807, 2.05) is 13.8 Å². The molecular weight excluding hydrogens is 226 g/mol. The van der Waals surface area contributed by atoms with Gasteiger partial charge in [0, 0.05) is 18.6 Å². The van der Waals surface area contributed by atoms with Crippen molar-refractivity contribution in [3.63, 3.8) is 0 Å². The van der Waals surface area contributed by atoms with Crippen LogP contribution in [0.4, 0.5) is 4.79 Å². The Kier molecular flexibility index (Phi) is 3.30. The molecule has 0 aliphatic carbocycles. The summed E-state index contributed by atoms with van der Waals surface area (Å²) in [5.74, 6) is 0. The molecular formula is C14H21N3O. The molecule has 1 aromatic rings. The maximum atomic E-state index is 11.9. The predicted octanol–water partition coefficient (Wildman–Crippen LogP) is 1.80. The number of aryl methyl sites for hydroxylation is 1. The number of hydrogen-bond acceptors (Lipinski definition) is 2. The number of rotatable bonds is 3. The first-order chi connectivity index (χ1) is 8.35. The van der Waals surface area contributed by atoms with Crippen LogP contribution in [0.2, 0.25) is 0 Å². The molecule has 1 atom stereocenters. The highest BCUT2D eigenvalue weighted by molar-refractivity contribution is 5.77. The first-order valence-corrected chi connectivity index (χ1v) is 6.26. The van der Waals surface area contributed by atoms with E-state index in [1.165, 1.54) is 5.56 Å². The Hall–Kier alpha value is -1.55. The van der Waals surface area contributed by atoms with Crippen molar-refractivity contribution in [2.75, 3.05) is 13.1 Å². The molecule has 3 N–H and O–H groups in total. The Labute approximate surface area is 108 Å². The summed E-state index contributed by atoms with van der Waals surface area (Å²) >= 11 is 0. The SMILES string of the molecule is Cc1ccc(C2CN(CC(C)(C)N)C(=O)N2)cc1. The van der Waals surface area contributed by atoms with E-state index in [9.17, 15) is 4.79 Å². The zero-order valence-electron chi connectivity index (χ0n) is 11.2. The van der Waals surface area contributed by atoms with Crippen molar-refractivity contribution in [1.82, 2.24) is 10.2 Å². The van der Waals surface area contributed by atoms with Gasteiger partial charge in [-0.3, -0.25) is 0 Å². The van der Waals surface area contributed by atoms with Crippen LogP contribution in [-0.4, -0.2) is 29.6 Å². The molecule has 0 bridgehead atoms. The standard InChI is InChI=1S/C14H21N3O/c1-10-4-6-11(7-5-10)12-8-17(13(18)16-12)9-14(2,3)15/h4-7,12H,8-9,15H2,1-3H3,(H,16,18). The first kappa shape index (κ1) is 12.9. The molecule has 98 valence electrons. The van der Waals surface area contributed by atoms with Gasteiger partial charge in [-0.1, -0.05) is 29.8 Å². The van der Waals surface area contributed by atoms with Crippen LogP contribution in [0.5, 0.6) is 0 Å². The normalized spacial score (nSPS) is 20.1. The fourth-order valence-corrected chi connectivity index (χ4v) is 2.21. The average molecular weight is 247 g/mol. The predicted molar refractivity (Wildman–Crippen MR) is 72.3 cm³/mol. The summed E-state index contributed by atoms with van der Waals surface area (Å²) in [4.78, 5) is 13.6. The van der Waals surface area contributed by atoms with Crippen molar-refractivity contribution < 1.29 is 4.79 Å². The molecule has 2 amide bonds. The van der Waals surface area contributed by atoms with Crippen molar-refractivity contribution in [2.45, 2.75) is 32.4 Å². The van der Waals surface area contributed by atoms with Gasteiger partial charge >= 0.3 is 6.03 Å². The average Bonchev–Trinajstić information content (AvgIpc) is 2.59. The molecule has 4 nitrogen and oxygen atoms in total. The summed E-state index contributed by atoms with van der Waals surface area (Å²) in [6, 6.07) is 8.31. The van der Waals surface area contributed by atoms with Gasteiger partial charge < -0.3 is 16.0 Å². The number of nitrogens with two attached hydrogens (primary N) is 1. The van der Waals surface area contributed by atoms with Crippen LogP contribution in [0, 0.1) is 6.92 Å². The number of urea groups is 1. The molecule has 0 saturated carbocycles. The smallest absolute Gasteiger partial charge is 0.318 e. The van der Waals surface area contributed by atoms with Gasteiger partial charge in [-0.05, 0) is 26.3 Å². The maximum Gasteiger partial charge on any atom is 0.318 e. The van der Waals surface area contributed by atoms with E-state index in [4.69, 9.17) is 5.73 Å². The fourth-order valence-electron chi connectivity index (χ4n) is 2.21. The van der Waals surface area contributed by atoms with E-state index in [2.05, 4.69) is 36.5 Å². The number of benzene rings is 1. The molecule has 4 heteroatoms. The molecule has 2 rings (SSSR count). The number of nitrogens with one attached hydrogen (secondary N) is 1. The van der Waals surface area contributed by atoms with Gasteiger partial charge in [-0.25, -0.2) is 4.79 Å². The Balaban J connectivity index is 2.06. The minimum absolute atomic E-state index is 0.0286. The van der Waals surface area contributed by atoms with E-state index >= 15 is 0 Å². The molecule has 1 aromatic carbocycles. The van der Waals surface area contributed by atoms with Crippen molar-refractivity contribution in [3.05, 3.63) is 35.4 Å². The van der Waals surface area contributed by atoms with Crippen molar-refractivity contribution in [3.8, 4) is 0 Å². The van der Waals surface area contributed by atoms with Crippen LogP contribution in [0.3, 0.4) is 0 Å². The lowest BCUT2D eigenvalue weighted by molar-refractivity contribution is 0.207. The highest BCUT2D eigenvalue weighted by Gasteiger charge is 2.32. The van der Waals surface area contributed by atoms with E-state index in [1.54, 1.807) is 4.90 Å². The second kappa shape index (κ2) is 4.61. The summed E-state index contributed by atoms with van der Waals surface area (Å²) in [5, 5.41) is 2.99. The van der Waals surface area contributed by atoms with Gasteiger partial charge in [0.15, 0.2) is 0 Å². The molecule has 1 saturated heterocycles. The summed E-state index contributed by atoms with van der Waals surface area (Å²) < 4.78 is 0. The van der Waals surface area contributed by atoms with Crippen molar-refractivity contribution in [2.24, 2.45) is 5.73 Å². The lowest BCUT2D eigenvalue weighted by Gasteiger charge is -2.25. The molecule has 1 aliphatic rings. The molecule has 1 aliphatic heterocycles. The largest absolute Gasteiger partial charge is 0.329 e. The second-order valence-electron chi connectivity index (χ2n) is 5.78. The molecule has 0 aromatic heterocycles. The van der Waals surface area contributed by atoms with Crippen LogP contribution in [0.25, 0.3) is 0 Å².